The predicted octanol–water partition coefficient (Wildman–Crippen LogP) is 3.26. The van der Waals surface area contributed by atoms with Crippen LogP contribution in [0.4, 0.5) is 0 Å². The number of aryl methyl sites for hydroxylation is 1. The van der Waals surface area contributed by atoms with E-state index in [1.807, 2.05) is 36.4 Å². The van der Waals surface area contributed by atoms with Gasteiger partial charge >= 0.3 is 0 Å². The van der Waals surface area contributed by atoms with E-state index in [0.717, 1.165) is 49.6 Å². The predicted molar refractivity (Wildman–Crippen MR) is 123 cm³/mol. The highest BCUT2D eigenvalue weighted by Crippen LogP contribution is 2.11. The first-order valence-corrected chi connectivity index (χ1v) is 10.4. The van der Waals surface area contributed by atoms with Crippen LogP contribution in [0.25, 0.3) is 0 Å². The van der Waals surface area contributed by atoms with Crippen molar-refractivity contribution in [2.45, 2.75) is 26.2 Å². The Bertz CT molecular complexity index is 816. The Balaban J connectivity index is 1.62. The summed E-state index contributed by atoms with van der Waals surface area (Å²) >= 11 is 0. The molecule has 0 radical (unpaired) electrons. The van der Waals surface area contributed by atoms with Gasteiger partial charge in [-0.3, -0.25) is 9.79 Å². The van der Waals surface area contributed by atoms with Gasteiger partial charge in [0, 0.05) is 39.8 Å². The molecule has 0 aliphatic rings. The molecule has 30 heavy (non-hydrogen) atoms. The normalized spacial score (nSPS) is 11.1. The molecule has 2 aromatic carbocycles. The Morgan fingerprint density at radius 2 is 1.77 bits per heavy atom. The molecular formula is C24H34N4O2. The number of rotatable bonds is 10. The highest BCUT2D eigenvalue weighted by molar-refractivity contribution is 5.94. The molecule has 0 aliphatic carbocycles. The Labute approximate surface area is 180 Å². The molecule has 0 aromatic heterocycles. The fraction of sp³-hybridized carbons (Fsp3) is 0.417. The van der Waals surface area contributed by atoms with E-state index in [2.05, 4.69) is 34.7 Å². The van der Waals surface area contributed by atoms with E-state index >= 15 is 0 Å². The molecule has 0 heterocycles. The van der Waals surface area contributed by atoms with E-state index in [4.69, 9.17) is 4.74 Å². The van der Waals surface area contributed by atoms with Gasteiger partial charge in [-0.15, -0.1) is 0 Å². The fourth-order valence-electron chi connectivity index (χ4n) is 2.92. The minimum atomic E-state index is 0.0219. The molecule has 0 aliphatic heterocycles. The third kappa shape index (κ3) is 8.15. The van der Waals surface area contributed by atoms with Crippen LogP contribution in [0.5, 0.6) is 5.75 Å². The first-order chi connectivity index (χ1) is 14.5. The number of guanidine groups is 1. The highest BCUT2D eigenvalue weighted by Gasteiger charge is 2.08. The molecule has 0 fully saturated rings. The van der Waals surface area contributed by atoms with Crippen molar-refractivity contribution >= 4 is 11.9 Å². The lowest BCUT2D eigenvalue weighted by molar-refractivity contribution is 0.0827. The van der Waals surface area contributed by atoms with Crippen molar-refractivity contribution in [1.82, 2.24) is 15.5 Å². The average Bonchev–Trinajstić information content (AvgIpc) is 2.75. The maximum absolute atomic E-state index is 12.1. The SMILES string of the molecule is CN=C(NCCCCOc1ccc(C)cc1)NCCc1cccc(C(=O)N(C)C)c1. The van der Waals surface area contributed by atoms with Gasteiger partial charge in [-0.25, -0.2) is 0 Å². The molecule has 2 N–H and O–H groups in total. The van der Waals surface area contributed by atoms with Crippen LogP contribution in [0.3, 0.4) is 0 Å². The van der Waals surface area contributed by atoms with Crippen LogP contribution in [0.15, 0.2) is 53.5 Å². The van der Waals surface area contributed by atoms with E-state index < -0.39 is 0 Å². The van der Waals surface area contributed by atoms with E-state index in [1.165, 1.54) is 5.56 Å². The van der Waals surface area contributed by atoms with Gasteiger partial charge in [0.2, 0.25) is 0 Å². The third-order valence-corrected chi connectivity index (χ3v) is 4.66. The molecule has 0 bridgehead atoms. The van der Waals surface area contributed by atoms with E-state index in [9.17, 15) is 4.79 Å². The summed E-state index contributed by atoms with van der Waals surface area (Å²) in [5, 5.41) is 6.65. The number of hydrogen-bond acceptors (Lipinski definition) is 3. The van der Waals surface area contributed by atoms with Crippen LogP contribution in [0.2, 0.25) is 0 Å². The molecular weight excluding hydrogens is 376 g/mol. The summed E-state index contributed by atoms with van der Waals surface area (Å²) in [6, 6.07) is 15.9. The molecule has 0 unspecified atom stereocenters. The van der Waals surface area contributed by atoms with Crippen molar-refractivity contribution in [3.63, 3.8) is 0 Å². The molecule has 0 spiro atoms. The lowest BCUT2D eigenvalue weighted by Gasteiger charge is -2.13. The first-order valence-electron chi connectivity index (χ1n) is 10.4. The third-order valence-electron chi connectivity index (χ3n) is 4.66. The zero-order valence-corrected chi connectivity index (χ0v) is 18.6. The number of amides is 1. The van der Waals surface area contributed by atoms with Crippen molar-refractivity contribution in [2.24, 2.45) is 4.99 Å². The molecule has 2 rings (SSSR count). The Morgan fingerprint density at radius 3 is 2.47 bits per heavy atom. The second-order valence-electron chi connectivity index (χ2n) is 7.44. The van der Waals surface area contributed by atoms with E-state index in [1.54, 1.807) is 26.0 Å². The number of nitrogens with zero attached hydrogens (tertiary/aromatic N) is 2. The summed E-state index contributed by atoms with van der Waals surface area (Å²) < 4.78 is 5.75. The minimum absolute atomic E-state index is 0.0219. The molecule has 6 heteroatoms. The van der Waals surface area contributed by atoms with Gasteiger partial charge in [-0.1, -0.05) is 29.8 Å². The zero-order valence-electron chi connectivity index (χ0n) is 18.6. The number of hydrogen-bond donors (Lipinski definition) is 2. The number of aliphatic imine (C=N–C) groups is 1. The summed E-state index contributed by atoms with van der Waals surface area (Å²) in [4.78, 5) is 17.9. The number of benzene rings is 2. The fourth-order valence-corrected chi connectivity index (χ4v) is 2.92. The van der Waals surface area contributed by atoms with Crippen molar-refractivity contribution in [3.05, 3.63) is 65.2 Å². The second kappa shape index (κ2) is 12.5. The molecule has 0 saturated heterocycles. The Hall–Kier alpha value is -3.02. The summed E-state index contributed by atoms with van der Waals surface area (Å²) in [5.74, 6) is 1.73. The minimum Gasteiger partial charge on any atom is -0.494 e. The van der Waals surface area contributed by atoms with Gasteiger partial charge in [-0.05, 0) is 56.0 Å². The van der Waals surface area contributed by atoms with Gasteiger partial charge in [0.15, 0.2) is 5.96 Å². The monoisotopic (exact) mass is 410 g/mol. The van der Waals surface area contributed by atoms with Crippen LogP contribution in [0.1, 0.15) is 34.3 Å². The van der Waals surface area contributed by atoms with Crippen molar-refractivity contribution < 1.29 is 9.53 Å². The standard InChI is InChI=1S/C24H34N4O2/c1-19-10-12-22(13-11-19)30-17-6-5-15-26-24(25-2)27-16-14-20-8-7-9-21(18-20)23(29)28(3)4/h7-13,18H,5-6,14-17H2,1-4H3,(H2,25,26,27). The van der Waals surface area contributed by atoms with Crippen LogP contribution >= 0.6 is 0 Å². The smallest absolute Gasteiger partial charge is 0.253 e. The first kappa shape index (κ1) is 23.3. The quantitative estimate of drug-likeness (QED) is 0.358. The topological polar surface area (TPSA) is 66.0 Å². The molecule has 0 saturated carbocycles. The Morgan fingerprint density at radius 1 is 1.03 bits per heavy atom. The van der Waals surface area contributed by atoms with Crippen molar-refractivity contribution in [1.29, 1.82) is 0 Å². The average molecular weight is 411 g/mol. The summed E-state index contributed by atoms with van der Waals surface area (Å²) in [6.45, 7) is 4.36. The highest BCUT2D eigenvalue weighted by atomic mass is 16.5. The summed E-state index contributed by atoms with van der Waals surface area (Å²) in [5.41, 5.74) is 3.08. The van der Waals surface area contributed by atoms with Gasteiger partial charge in [-0.2, -0.15) is 0 Å². The van der Waals surface area contributed by atoms with E-state index in [-0.39, 0.29) is 5.91 Å². The lowest BCUT2D eigenvalue weighted by Crippen LogP contribution is -2.38. The van der Waals surface area contributed by atoms with Gasteiger partial charge in [0.25, 0.3) is 5.91 Å². The van der Waals surface area contributed by atoms with Crippen LogP contribution < -0.4 is 15.4 Å². The Kier molecular flexibility index (Phi) is 9.71. The number of carbonyl (C=O) groups is 1. The lowest BCUT2D eigenvalue weighted by atomic mass is 10.1. The maximum Gasteiger partial charge on any atom is 0.253 e. The molecule has 162 valence electrons. The second-order valence-corrected chi connectivity index (χ2v) is 7.44. The maximum atomic E-state index is 12.1. The van der Waals surface area contributed by atoms with Crippen LogP contribution in [-0.4, -0.2) is 57.6 Å². The van der Waals surface area contributed by atoms with Crippen molar-refractivity contribution in [2.75, 3.05) is 40.8 Å². The molecule has 1 amide bonds. The molecule has 6 nitrogen and oxygen atoms in total. The number of ether oxygens (including phenoxy) is 1. The van der Waals surface area contributed by atoms with Crippen LogP contribution in [0, 0.1) is 6.92 Å². The number of carbonyl (C=O) groups excluding carboxylic acids is 1. The van der Waals surface area contributed by atoms with Gasteiger partial charge < -0.3 is 20.3 Å². The number of unbranched alkanes of at least 4 members (excludes halogenated alkanes) is 1. The van der Waals surface area contributed by atoms with Gasteiger partial charge in [0.05, 0.1) is 6.61 Å². The summed E-state index contributed by atoms with van der Waals surface area (Å²) in [6.07, 6.45) is 2.80. The zero-order chi connectivity index (χ0) is 21.8. The van der Waals surface area contributed by atoms with Crippen LogP contribution in [-0.2, 0) is 6.42 Å². The summed E-state index contributed by atoms with van der Waals surface area (Å²) in [7, 11) is 5.30. The van der Waals surface area contributed by atoms with Crippen molar-refractivity contribution in [3.8, 4) is 5.75 Å². The van der Waals surface area contributed by atoms with Gasteiger partial charge in [0.1, 0.15) is 5.75 Å². The van der Waals surface area contributed by atoms with E-state index in [0.29, 0.717) is 12.2 Å². The number of nitrogens with one attached hydrogen (secondary N) is 2. The largest absolute Gasteiger partial charge is 0.494 e. The molecule has 2 aromatic rings. The molecule has 0 atom stereocenters.